The monoisotopic (exact) mass is 269 g/mol. The van der Waals surface area contributed by atoms with Crippen LogP contribution in [-0.2, 0) is 9.84 Å². The highest BCUT2D eigenvalue weighted by atomic mass is 32.2. The Morgan fingerprint density at radius 1 is 1.17 bits per heavy atom. The molecule has 2 atom stereocenters. The van der Waals surface area contributed by atoms with Gasteiger partial charge in [0.2, 0.25) is 0 Å². The lowest BCUT2D eigenvalue weighted by atomic mass is 10.0. The minimum atomic E-state index is -2.85. The zero-order chi connectivity index (χ0) is 13.6. The summed E-state index contributed by atoms with van der Waals surface area (Å²) in [5.74, 6) is 0.688. The second kappa shape index (κ2) is 6.90. The molecule has 1 rings (SSSR count). The summed E-state index contributed by atoms with van der Waals surface area (Å²) in [7, 11) is -2.85. The van der Waals surface area contributed by atoms with E-state index in [1.807, 2.05) is 25.1 Å². The number of rotatable bonds is 7. The zero-order valence-electron chi connectivity index (χ0n) is 11.4. The van der Waals surface area contributed by atoms with Crippen molar-refractivity contribution in [3.8, 4) is 0 Å². The summed E-state index contributed by atoms with van der Waals surface area (Å²) in [6.07, 6.45) is 1.95. The van der Waals surface area contributed by atoms with Crippen LogP contribution in [0.5, 0.6) is 0 Å². The van der Waals surface area contributed by atoms with Crippen LogP contribution in [-0.4, -0.2) is 33.0 Å². The number of hydrogen-bond acceptors (Lipinski definition) is 3. The van der Waals surface area contributed by atoms with E-state index < -0.39 is 9.84 Å². The molecule has 0 bridgehead atoms. The third-order valence-electron chi connectivity index (χ3n) is 3.06. The molecular formula is C14H23NO2S. The van der Waals surface area contributed by atoms with Gasteiger partial charge in [0, 0.05) is 18.8 Å². The van der Waals surface area contributed by atoms with E-state index in [-0.39, 0.29) is 11.8 Å². The molecular weight excluding hydrogens is 246 g/mol. The molecule has 0 aliphatic rings. The van der Waals surface area contributed by atoms with Gasteiger partial charge < -0.3 is 5.32 Å². The summed E-state index contributed by atoms with van der Waals surface area (Å²) >= 11 is 0. The maximum atomic E-state index is 11.1. The van der Waals surface area contributed by atoms with Crippen molar-refractivity contribution in [2.75, 3.05) is 18.6 Å². The Kier molecular flexibility index (Phi) is 5.82. The fraction of sp³-hybridized carbons (Fsp3) is 0.571. The van der Waals surface area contributed by atoms with E-state index in [9.17, 15) is 8.42 Å². The zero-order valence-corrected chi connectivity index (χ0v) is 12.2. The molecule has 0 amide bonds. The SMILES string of the molecule is CC(CCS(C)(=O)=O)NCC(C)c1ccccc1. The summed E-state index contributed by atoms with van der Waals surface area (Å²) < 4.78 is 22.1. The molecule has 102 valence electrons. The minimum absolute atomic E-state index is 0.228. The average Bonchev–Trinajstić information content (AvgIpc) is 2.33. The molecule has 1 aromatic rings. The van der Waals surface area contributed by atoms with Gasteiger partial charge in [-0.1, -0.05) is 37.3 Å². The van der Waals surface area contributed by atoms with Crippen molar-refractivity contribution in [2.24, 2.45) is 0 Å². The average molecular weight is 269 g/mol. The fourth-order valence-corrected chi connectivity index (χ4v) is 2.55. The third kappa shape index (κ3) is 6.17. The Bertz CT molecular complexity index is 442. The first kappa shape index (κ1) is 15.2. The summed E-state index contributed by atoms with van der Waals surface area (Å²) in [5.41, 5.74) is 1.31. The van der Waals surface area contributed by atoms with Crippen molar-refractivity contribution in [3.63, 3.8) is 0 Å². The van der Waals surface area contributed by atoms with E-state index in [4.69, 9.17) is 0 Å². The van der Waals surface area contributed by atoms with Gasteiger partial charge in [-0.2, -0.15) is 0 Å². The standard InChI is InChI=1S/C14H23NO2S/c1-12(14-7-5-4-6-8-14)11-15-13(2)9-10-18(3,16)17/h4-8,12-13,15H,9-11H2,1-3H3. The Morgan fingerprint density at radius 3 is 2.33 bits per heavy atom. The second-order valence-electron chi connectivity index (χ2n) is 5.04. The maximum absolute atomic E-state index is 11.1. The predicted octanol–water partition coefficient (Wildman–Crippen LogP) is 2.20. The van der Waals surface area contributed by atoms with Gasteiger partial charge >= 0.3 is 0 Å². The first-order valence-electron chi connectivity index (χ1n) is 6.34. The van der Waals surface area contributed by atoms with Crippen molar-refractivity contribution in [3.05, 3.63) is 35.9 Å². The van der Waals surface area contributed by atoms with Crippen molar-refractivity contribution in [1.29, 1.82) is 0 Å². The highest BCUT2D eigenvalue weighted by molar-refractivity contribution is 7.90. The van der Waals surface area contributed by atoms with Crippen LogP contribution < -0.4 is 5.32 Å². The van der Waals surface area contributed by atoms with Crippen LogP contribution in [0.2, 0.25) is 0 Å². The lowest BCUT2D eigenvalue weighted by Crippen LogP contribution is -2.31. The van der Waals surface area contributed by atoms with Gasteiger partial charge in [0.15, 0.2) is 0 Å². The van der Waals surface area contributed by atoms with Crippen LogP contribution in [0.25, 0.3) is 0 Å². The Balaban J connectivity index is 2.32. The van der Waals surface area contributed by atoms with E-state index >= 15 is 0 Å². The van der Waals surface area contributed by atoms with Crippen molar-refractivity contribution in [2.45, 2.75) is 32.2 Å². The quantitative estimate of drug-likeness (QED) is 0.825. The molecule has 0 heterocycles. The Labute approximate surface area is 111 Å². The normalized spacial score (nSPS) is 15.3. The van der Waals surface area contributed by atoms with Crippen LogP contribution in [0.15, 0.2) is 30.3 Å². The number of nitrogens with one attached hydrogen (secondary N) is 1. The predicted molar refractivity (Wildman–Crippen MR) is 76.6 cm³/mol. The van der Waals surface area contributed by atoms with Crippen LogP contribution >= 0.6 is 0 Å². The largest absolute Gasteiger partial charge is 0.314 e. The Hall–Kier alpha value is -0.870. The number of hydrogen-bond donors (Lipinski definition) is 1. The number of benzene rings is 1. The summed E-state index contributed by atoms with van der Waals surface area (Å²) in [6.45, 7) is 5.07. The molecule has 0 fully saturated rings. The van der Waals surface area contributed by atoms with E-state index in [1.54, 1.807) is 0 Å². The molecule has 2 unspecified atom stereocenters. The van der Waals surface area contributed by atoms with Gasteiger partial charge in [-0.25, -0.2) is 8.42 Å². The van der Waals surface area contributed by atoms with E-state index in [2.05, 4.69) is 24.4 Å². The molecule has 0 aliphatic heterocycles. The lowest BCUT2D eigenvalue weighted by molar-refractivity contribution is 0.504. The van der Waals surface area contributed by atoms with Crippen molar-refractivity contribution < 1.29 is 8.42 Å². The highest BCUT2D eigenvalue weighted by Crippen LogP contribution is 2.13. The topological polar surface area (TPSA) is 46.2 Å². The molecule has 0 spiro atoms. The van der Waals surface area contributed by atoms with E-state index in [0.29, 0.717) is 12.3 Å². The summed E-state index contributed by atoms with van der Waals surface area (Å²) in [4.78, 5) is 0. The first-order valence-corrected chi connectivity index (χ1v) is 8.40. The Morgan fingerprint density at radius 2 is 1.78 bits per heavy atom. The fourth-order valence-electron chi connectivity index (χ4n) is 1.77. The lowest BCUT2D eigenvalue weighted by Gasteiger charge is -2.17. The molecule has 0 saturated carbocycles. The molecule has 0 aliphatic carbocycles. The highest BCUT2D eigenvalue weighted by Gasteiger charge is 2.10. The maximum Gasteiger partial charge on any atom is 0.147 e. The second-order valence-corrected chi connectivity index (χ2v) is 7.30. The molecule has 1 aromatic carbocycles. The minimum Gasteiger partial charge on any atom is -0.314 e. The van der Waals surface area contributed by atoms with Crippen molar-refractivity contribution in [1.82, 2.24) is 5.32 Å². The molecule has 18 heavy (non-hydrogen) atoms. The molecule has 0 radical (unpaired) electrons. The van der Waals surface area contributed by atoms with Gasteiger partial charge in [-0.15, -0.1) is 0 Å². The van der Waals surface area contributed by atoms with Crippen LogP contribution in [0.4, 0.5) is 0 Å². The number of sulfone groups is 1. The molecule has 0 aromatic heterocycles. The van der Waals surface area contributed by atoms with Crippen molar-refractivity contribution >= 4 is 9.84 Å². The molecule has 3 nitrogen and oxygen atoms in total. The summed E-state index contributed by atoms with van der Waals surface area (Å²) in [5, 5.41) is 3.39. The van der Waals surface area contributed by atoms with E-state index in [0.717, 1.165) is 6.54 Å². The molecule has 0 saturated heterocycles. The molecule has 1 N–H and O–H groups in total. The molecule has 4 heteroatoms. The van der Waals surface area contributed by atoms with Gasteiger partial charge in [-0.05, 0) is 24.8 Å². The first-order chi connectivity index (χ1) is 8.38. The van der Waals surface area contributed by atoms with Crippen LogP contribution in [0, 0.1) is 0 Å². The van der Waals surface area contributed by atoms with Gasteiger partial charge in [0.25, 0.3) is 0 Å². The third-order valence-corrected chi connectivity index (χ3v) is 4.04. The van der Waals surface area contributed by atoms with Gasteiger partial charge in [-0.3, -0.25) is 0 Å². The van der Waals surface area contributed by atoms with Crippen LogP contribution in [0.3, 0.4) is 0 Å². The smallest absolute Gasteiger partial charge is 0.147 e. The van der Waals surface area contributed by atoms with E-state index in [1.165, 1.54) is 11.8 Å². The van der Waals surface area contributed by atoms with Crippen LogP contribution in [0.1, 0.15) is 31.7 Å². The van der Waals surface area contributed by atoms with Gasteiger partial charge in [0.1, 0.15) is 9.84 Å². The summed E-state index contributed by atoms with van der Waals surface area (Å²) in [6, 6.07) is 10.6. The van der Waals surface area contributed by atoms with Gasteiger partial charge in [0.05, 0.1) is 5.75 Å².